The quantitative estimate of drug-likeness (QED) is 0.500. The Balaban J connectivity index is 2.71. The molecular weight excluding hydrogens is 138 g/mol. The first-order valence-electron chi connectivity index (χ1n) is 3.36. The van der Waals surface area contributed by atoms with Crippen LogP contribution in [-0.4, -0.2) is 4.98 Å². The van der Waals surface area contributed by atoms with Crippen molar-refractivity contribution in [3.05, 3.63) is 29.6 Å². The first kappa shape index (κ1) is 7.55. The first-order valence-corrected chi connectivity index (χ1v) is 3.36. The summed E-state index contributed by atoms with van der Waals surface area (Å²) >= 11 is 0. The van der Waals surface area contributed by atoms with Gasteiger partial charge in [-0.15, -0.1) is 0 Å². The van der Waals surface area contributed by atoms with Crippen LogP contribution in [0.15, 0.2) is 18.5 Å². The van der Waals surface area contributed by atoms with E-state index in [1.165, 1.54) is 0 Å². The molecule has 1 N–H and O–H groups in total. The molecule has 56 valence electrons. The van der Waals surface area contributed by atoms with Crippen LogP contribution in [0.2, 0.25) is 0 Å². The van der Waals surface area contributed by atoms with Gasteiger partial charge in [0.2, 0.25) is 0 Å². The van der Waals surface area contributed by atoms with Gasteiger partial charge in [-0.25, -0.2) is 0 Å². The van der Waals surface area contributed by atoms with E-state index in [0.717, 1.165) is 11.1 Å². The van der Waals surface area contributed by atoms with Gasteiger partial charge in [-0.1, -0.05) is 0 Å². The summed E-state index contributed by atoms with van der Waals surface area (Å²) in [7, 11) is 0. The molecule has 1 heterocycles. The Morgan fingerprint density at radius 1 is 1.73 bits per heavy atom. The fourth-order valence-corrected chi connectivity index (χ4v) is 0.835. The van der Waals surface area contributed by atoms with Crippen LogP contribution in [0.25, 0.3) is 0 Å². The SMILES string of the molecule is Cc1cnccc1CNC#N. The molecule has 0 aliphatic rings. The molecule has 0 radical (unpaired) electrons. The topological polar surface area (TPSA) is 48.7 Å². The number of nitrogens with one attached hydrogen (secondary N) is 1. The number of rotatable bonds is 2. The third kappa shape index (κ3) is 1.94. The summed E-state index contributed by atoms with van der Waals surface area (Å²) in [5.74, 6) is 0. The Labute approximate surface area is 65.7 Å². The highest BCUT2D eigenvalue weighted by molar-refractivity contribution is 5.21. The Morgan fingerprint density at radius 3 is 3.18 bits per heavy atom. The summed E-state index contributed by atoms with van der Waals surface area (Å²) in [5.41, 5.74) is 2.22. The number of hydrogen-bond donors (Lipinski definition) is 1. The van der Waals surface area contributed by atoms with Crippen LogP contribution in [0.1, 0.15) is 11.1 Å². The number of hydrogen-bond acceptors (Lipinski definition) is 3. The van der Waals surface area contributed by atoms with Crippen molar-refractivity contribution in [1.29, 1.82) is 5.26 Å². The maximum atomic E-state index is 8.24. The van der Waals surface area contributed by atoms with Crippen LogP contribution in [0.5, 0.6) is 0 Å². The maximum absolute atomic E-state index is 8.24. The van der Waals surface area contributed by atoms with Gasteiger partial charge in [-0.05, 0) is 24.1 Å². The van der Waals surface area contributed by atoms with Crippen LogP contribution in [0.4, 0.5) is 0 Å². The number of nitriles is 1. The van der Waals surface area contributed by atoms with Crippen molar-refractivity contribution in [3.63, 3.8) is 0 Å². The predicted molar refractivity (Wildman–Crippen MR) is 41.4 cm³/mol. The second-order valence-corrected chi connectivity index (χ2v) is 2.27. The Hall–Kier alpha value is -1.56. The number of pyridine rings is 1. The van der Waals surface area contributed by atoms with Gasteiger partial charge in [-0.3, -0.25) is 4.98 Å². The third-order valence-corrected chi connectivity index (χ3v) is 1.49. The lowest BCUT2D eigenvalue weighted by atomic mass is 10.2. The molecule has 0 aromatic carbocycles. The summed E-state index contributed by atoms with van der Waals surface area (Å²) in [5, 5.41) is 10.8. The molecule has 0 saturated heterocycles. The van der Waals surface area contributed by atoms with E-state index in [1.54, 1.807) is 12.4 Å². The zero-order chi connectivity index (χ0) is 8.10. The molecule has 0 aliphatic heterocycles. The second-order valence-electron chi connectivity index (χ2n) is 2.27. The molecule has 1 aromatic heterocycles. The molecule has 0 bridgehead atoms. The molecule has 0 atom stereocenters. The minimum Gasteiger partial charge on any atom is -0.319 e. The van der Waals surface area contributed by atoms with Gasteiger partial charge in [0.05, 0.1) is 6.54 Å². The molecule has 1 aromatic rings. The van der Waals surface area contributed by atoms with Crippen LogP contribution in [0.3, 0.4) is 0 Å². The molecule has 0 spiro atoms. The van der Waals surface area contributed by atoms with E-state index in [0.29, 0.717) is 6.54 Å². The average Bonchev–Trinajstić information content (AvgIpc) is 2.03. The molecule has 0 unspecified atom stereocenters. The van der Waals surface area contributed by atoms with E-state index < -0.39 is 0 Å². The number of aromatic nitrogens is 1. The molecular formula is C8H9N3. The van der Waals surface area contributed by atoms with Crippen LogP contribution >= 0.6 is 0 Å². The van der Waals surface area contributed by atoms with Gasteiger partial charge in [-0.2, -0.15) is 5.26 Å². The van der Waals surface area contributed by atoms with Crippen LogP contribution < -0.4 is 5.32 Å². The van der Waals surface area contributed by atoms with E-state index in [9.17, 15) is 0 Å². The first-order chi connectivity index (χ1) is 5.34. The largest absolute Gasteiger partial charge is 0.319 e. The highest BCUT2D eigenvalue weighted by atomic mass is 14.8. The smallest absolute Gasteiger partial charge is 0.176 e. The van der Waals surface area contributed by atoms with Crippen molar-refractivity contribution in [3.8, 4) is 6.19 Å². The summed E-state index contributed by atoms with van der Waals surface area (Å²) in [6, 6.07) is 1.90. The summed E-state index contributed by atoms with van der Waals surface area (Å²) in [6.45, 7) is 2.56. The van der Waals surface area contributed by atoms with E-state index in [4.69, 9.17) is 5.26 Å². The molecule has 1 rings (SSSR count). The number of nitrogens with zero attached hydrogens (tertiary/aromatic N) is 2. The normalized spacial score (nSPS) is 8.73. The fourth-order valence-electron chi connectivity index (χ4n) is 0.835. The van der Waals surface area contributed by atoms with Gasteiger partial charge in [0.25, 0.3) is 0 Å². The molecule has 0 saturated carbocycles. The number of aryl methyl sites for hydroxylation is 1. The highest BCUT2D eigenvalue weighted by Crippen LogP contribution is 2.03. The van der Waals surface area contributed by atoms with Gasteiger partial charge < -0.3 is 5.32 Å². The van der Waals surface area contributed by atoms with Crippen molar-refractivity contribution in [1.82, 2.24) is 10.3 Å². The summed E-state index contributed by atoms with van der Waals surface area (Å²) in [4.78, 5) is 3.94. The standard InChI is InChI=1S/C8H9N3/c1-7-4-10-3-2-8(7)5-11-6-9/h2-4,11H,5H2,1H3. The van der Waals surface area contributed by atoms with E-state index in [1.807, 2.05) is 19.2 Å². The third-order valence-electron chi connectivity index (χ3n) is 1.49. The summed E-state index contributed by atoms with van der Waals surface area (Å²) < 4.78 is 0. The van der Waals surface area contributed by atoms with Gasteiger partial charge in [0.1, 0.15) is 0 Å². The maximum Gasteiger partial charge on any atom is 0.176 e. The van der Waals surface area contributed by atoms with Crippen LogP contribution in [0, 0.1) is 18.4 Å². The zero-order valence-corrected chi connectivity index (χ0v) is 6.33. The minimum atomic E-state index is 0.588. The van der Waals surface area contributed by atoms with E-state index in [2.05, 4.69) is 10.3 Å². The lowest BCUT2D eigenvalue weighted by Gasteiger charge is -2.00. The van der Waals surface area contributed by atoms with Crippen molar-refractivity contribution < 1.29 is 0 Å². The average molecular weight is 147 g/mol. The van der Waals surface area contributed by atoms with Crippen LogP contribution in [-0.2, 0) is 6.54 Å². The predicted octanol–water partition coefficient (Wildman–Crippen LogP) is 0.961. The Bertz CT molecular complexity index is 275. The molecule has 0 amide bonds. The molecule has 3 nitrogen and oxygen atoms in total. The minimum absolute atomic E-state index is 0.588. The molecule has 0 fully saturated rings. The van der Waals surface area contributed by atoms with Crippen molar-refractivity contribution >= 4 is 0 Å². The second kappa shape index (κ2) is 3.57. The van der Waals surface area contributed by atoms with Gasteiger partial charge in [0.15, 0.2) is 6.19 Å². The van der Waals surface area contributed by atoms with Gasteiger partial charge >= 0.3 is 0 Å². The fraction of sp³-hybridized carbons (Fsp3) is 0.250. The zero-order valence-electron chi connectivity index (χ0n) is 6.33. The Kier molecular flexibility index (Phi) is 2.45. The lowest BCUT2D eigenvalue weighted by Crippen LogP contribution is -2.05. The van der Waals surface area contributed by atoms with E-state index >= 15 is 0 Å². The van der Waals surface area contributed by atoms with Crippen molar-refractivity contribution in [2.75, 3.05) is 0 Å². The van der Waals surface area contributed by atoms with E-state index in [-0.39, 0.29) is 0 Å². The molecule has 3 heteroatoms. The Morgan fingerprint density at radius 2 is 2.55 bits per heavy atom. The molecule has 0 aliphatic carbocycles. The van der Waals surface area contributed by atoms with Gasteiger partial charge in [0, 0.05) is 12.4 Å². The molecule has 11 heavy (non-hydrogen) atoms. The summed E-state index contributed by atoms with van der Waals surface area (Å²) in [6.07, 6.45) is 5.38. The van der Waals surface area contributed by atoms with Crippen molar-refractivity contribution in [2.45, 2.75) is 13.5 Å². The lowest BCUT2D eigenvalue weighted by molar-refractivity contribution is 0.872. The van der Waals surface area contributed by atoms with Crippen molar-refractivity contribution in [2.24, 2.45) is 0 Å². The monoisotopic (exact) mass is 147 g/mol. The highest BCUT2D eigenvalue weighted by Gasteiger charge is 1.94.